The Bertz CT molecular complexity index is 1850. The van der Waals surface area contributed by atoms with Crippen molar-refractivity contribution >= 4 is 80.4 Å². The van der Waals surface area contributed by atoms with E-state index in [1.54, 1.807) is 43.3 Å². The number of benzodiazepines with no additional fused rings is 2. The Labute approximate surface area is 272 Å². The predicted molar refractivity (Wildman–Crippen MR) is 180 cm³/mol. The number of aliphatic imine (C=N–C) groups is 2. The highest BCUT2D eigenvalue weighted by Crippen LogP contribution is 2.32. The van der Waals surface area contributed by atoms with Crippen LogP contribution in [-0.2, 0) is 0 Å². The van der Waals surface area contributed by atoms with Gasteiger partial charge in [-0.25, -0.2) is 13.2 Å². The van der Waals surface area contributed by atoms with Gasteiger partial charge in [-0.2, -0.15) is 0 Å². The van der Waals surface area contributed by atoms with Gasteiger partial charge in [0.25, 0.3) is 0 Å². The lowest BCUT2D eigenvalue weighted by atomic mass is 10.00. The Balaban J connectivity index is 0.000000175. The molecule has 5 nitrogen and oxygen atoms in total. The number of anilines is 2. The van der Waals surface area contributed by atoms with Crippen molar-refractivity contribution in [3.63, 3.8) is 0 Å². The summed E-state index contributed by atoms with van der Waals surface area (Å²) >= 11 is 22.8. The van der Waals surface area contributed by atoms with Crippen LogP contribution in [0.4, 0.5) is 24.5 Å². The zero-order chi connectivity index (χ0) is 31.4. The van der Waals surface area contributed by atoms with Crippen LogP contribution in [0.1, 0.15) is 29.2 Å². The third kappa shape index (κ3) is 6.94. The van der Waals surface area contributed by atoms with E-state index in [1.165, 1.54) is 6.07 Å². The Kier molecular flexibility index (Phi) is 9.95. The molecule has 0 spiro atoms. The molecule has 224 valence electrons. The molecule has 0 aliphatic carbocycles. The molecular weight excluding hydrogens is 648 g/mol. The van der Waals surface area contributed by atoms with Crippen molar-refractivity contribution in [1.29, 1.82) is 0 Å². The molecule has 12 heteroatoms. The standard InChI is InChI=1S/C17H14ClFN2OS.C15H9ClF2N2S/c1-2-22-15-8-14-11(7-13(15)19)17(20-9-16(23)21-14)10-5-3-4-6-12(10)18;16-10-4-2-1-3-8(10)15-9-5-11(17)12(18)6-13(9)20-14(21)7-19-15/h3-8H,2,9H2,1H3,(H,21,23);1-6H,7H2,(H,20,21). The summed E-state index contributed by atoms with van der Waals surface area (Å²) in [7, 11) is 0. The van der Waals surface area contributed by atoms with Crippen LogP contribution >= 0.6 is 47.6 Å². The third-order valence-corrected chi connectivity index (χ3v) is 7.63. The first kappa shape index (κ1) is 31.6. The molecule has 0 atom stereocenters. The summed E-state index contributed by atoms with van der Waals surface area (Å²) < 4.78 is 46.7. The number of nitrogens with one attached hydrogen (secondary N) is 2. The van der Waals surface area contributed by atoms with E-state index in [4.69, 9.17) is 52.4 Å². The lowest BCUT2D eigenvalue weighted by molar-refractivity contribution is 0.322. The summed E-state index contributed by atoms with van der Waals surface area (Å²) in [5, 5.41) is 7.01. The Morgan fingerprint density at radius 3 is 1.64 bits per heavy atom. The fourth-order valence-electron chi connectivity index (χ4n) is 4.58. The number of ether oxygens (including phenoxy) is 1. The van der Waals surface area contributed by atoms with Gasteiger partial charge in [-0.15, -0.1) is 0 Å². The molecule has 4 aromatic carbocycles. The molecule has 0 saturated heterocycles. The minimum Gasteiger partial charge on any atom is -0.491 e. The SMILES string of the molecule is CCOc1cc2c(cc1F)C(c1ccccc1Cl)=NCC(=S)N2.Fc1cc2c(cc1F)C(c1ccccc1Cl)=NCC(=S)N2. The van der Waals surface area contributed by atoms with E-state index in [2.05, 4.69) is 20.6 Å². The molecule has 6 rings (SSSR count). The quantitative estimate of drug-likeness (QED) is 0.213. The van der Waals surface area contributed by atoms with Crippen LogP contribution in [0.5, 0.6) is 5.75 Å². The van der Waals surface area contributed by atoms with E-state index in [0.717, 1.165) is 17.7 Å². The molecule has 0 radical (unpaired) electrons. The van der Waals surface area contributed by atoms with Crippen molar-refractivity contribution in [1.82, 2.24) is 0 Å². The van der Waals surface area contributed by atoms with Crippen LogP contribution in [0, 0.1) is 17.5 Å². The van der Waals surface area contributed by atoms with E-state index in [-0.39, 0.29) is 12.3 Å². The minimum atomic E-state index is -0.942. The van der Waals surface area contributed by atoms with Crippen molar-refractivity contribution in [2.24, 2.45) is 9.98 Å². The van der Waals surface area contributed by atoms with Crippen molar-refractivity contribution in [2.45, 2.75) is 6.92 Å². The lowest BCUT2D eigenvalue weighted by Gasteiger charge is -2.14. The van der Waals surface area contributed by atoms with Crippen molar-refractivity contribution in [3.05, 3.63) is 123 Å². The van der Waals surface area contributed by atoms with Gasteiger partial charge >= 0.3 is 0 Å². The van der Waals surface area contributed by atoms with Gasteiger partial charge in [-0.1, -0.05) is 84.0 Å². The van der Waals surface area contributed by atoms with Crippen LogP contribution in [0.3, 0.4) is 0 Å². The van der Waals surface area contributed by atoms with Gasteiger partial charge in [-0.3, -0.25) is 9.98 Å². The Hall–Kier alpha value is -3.83. The highest BCUT2D eigenvalue weighted by Gasteiger charge is 2.22. The first-order chi connectivity index (χ1) is 21.2. The average molecular weight is 672 g/mol. The Morgan fingerprint density at radius 2 is 1.14 bits per heavy atom. The number of halogens is 5. The normalized spacial score (nSPS) is 13.9. The summed E-state index contributed by atoms with van der Waals surface area (Å²) in [6, 6.07) is 19.6. The molecule has 2 aliphatic heterocycles. The number of fused-ring (bicyclic) bond motifs is 2. The highest BCUT2D eigenvalue weighted by molar-refractivity contribution is 7.80. The predicted octanol–water partition coefficient (Wildman–Crippen LogP) is 8.68. The van der Waals surface area contributed by atoms with Crippen molar-refractivity contribution < 1.29 is 17.9 Å². The molecule has 0 bridgehead atoms. The second-order valence-electron chi connectivity index (χ2n) is 9.46. The summed E-state index contributed by atoms with van der Waals surface area (Å²) in [6.45, 7) is 2.73. The largest absolute Gasteiger partial charge is 0.491 e. The second kappa shape index (κ2) is 13.9. The highest BCUT2D eigenvalue weighted by atomic mass is 35.5. The van der Waals surface area contributed by atoms with Crippen LogP contribution in [0.25, 0.3) is 0 Å². The topological polar surface area (TPSA) is 58.0 Å². The minimum absolute atomic E-state index is 0.182. The molecular formula is C32H23Cl2F3N4OS2. The second-order valence-corrected chi connectivity index (χ2v) is 11.3. The lowest BCUT2D eigenvalue weighted by Crippen LogP contribution is -2.11. The first-order valence-electron chi connectivity index (χ1n) is 13.3. The molecule has 0 unspecified atom stereocenters. The molecule has 0 amide bonds. The van der Waals surface area contributed by atoms with Gasteiger partial charge in [0.2, 0.25) is 0 Å². The fraction of sp³-hybridized carbons (Fsp3) is 0.125. The average Bonchev–Trinajstić information content (AvgIpc) is 3.25. The van der Waals surface area contributed by atoms with Crippen LogP contribution in [0.15, 0.2) is 82.8 Å². The first-order valence-corrected chi connectivity index (χ1v) is 14.9. The maximum Gasteiger partial charge on any atom is 0.165 e. The van der Waals surface area contributed by atoms with E-state index in [9.17, 15) is 13.2 Å². The third-order valence-electron chi connectivity index (χ3n) is 6.51. The molecule has 2 heterocycles. The fourth-order valence-corrected chi connectivity index (χ4v) is 5.38. The van der Waals surface area contributed by atoms with E-state index < -0.39 is 17.5 Å². The number of hydrogen-bond acceptors (Lipinski definition) is 5. The summed E-state index contributed by atoms with van der Waals surface area (Å²) in [6.07, 6.45) is 0. The van der Waals surface area contributed by atoms with E-state index in [1.807, 2.05) is 18.2 Å². The molecule has 2 N–H and O–H groups in total. The molecule has 0 aromatic heterocycles. The van der Waals surface area contributed by atoms with Crippen LogP contribution in [-0.4, -0.2) is 41.1 Å². The Morgan fingerprint density at radius 1 is 0.682 bits per heavy atom. The van der Waals surface area contributed by atoms with Gasteiger partial charge < -0.3 is 15.4 Å². The zero-order valence-corrected chi connectivity index (χ0v) is 26.2. The van der Waals surface area contributed by atoms with Gasteiger partial charge in [0.15, 0.2) is 23.2 Å². The molecule has 0 saturated carbocycles. The monoisotopic (exact) mass is 670 g/mol. The van der Waals surface area contributed by atoms with Gasteiger partial charge in [-0.05, 0) is 31.2 Å². The van der Waals surface area contributed by atoms with Crippen molar-refractivity contribution in [3.8, 4) is 5.75 Å². The maximum absolute atomic E-state index is 14.3. The van der Waals surface area contributed by atoms with E-state index >= 15 is 0 Å². The number of thiocarbonyl (C=S) groups is 2. The summed E-state index contributed by atoms with van der Waals surface area (Å²) in [5.74, 6) is -2.14. The smallest absolute Gasteiger partial charge is 0.165 e. The molecule has 4 aromatic rings. The van der Waals surface area contributed by atoms with Crippen molar-refractivity contribution in [2.75, 3.05) is 30.3 Å². The zero-order valence-electron chi connectivity index (χ0n) is 23.1. The maximum atomic E-state index is 14.3. The van der Waals surface area contributed by atoms with Gasteiger partial charge in [0.1, 0.15) is 9.98 Å². The van der Waals surface area contributed by atoms with Gasteiger partial charge in [0.05, 0.1) is 42.5 Å². The van der Waals surface area contributed by atoms with Crippen LogP contribution in [0.2, 0.25) is 10.0 Å². The molecule has 0 fully saturated rings. The summed E-state index contributed by atoms with van der Waals surface area (Å²) in [4.78, 5) is 9.89. The molecule has 44 heavy (non-hydrogen) atoms. The summed E-state index contributed by atoms with van der Waals surface area (Å²) in [5.41, 5.74) is 4.58. The van der Waals surface area contributed by atoms with Gasteiger partial charge in [0, 0.05) is 44.4 Å². The number of nitrogens with zero attached hydrogens (tertiary/aromatic N) is 2. The molecule has 2 aliphatic rings. The van der Waals surface area contributed by atoms with Crippen LogP contribution < -0.4 is 15.4 Å². The number of hydrogen-bond donors (Lipinski definition) is 2. The number of rotatable bonds is 4. The number of benzene rings is 4. The van der Waals surface area contributed by atoms with E-state index in [0.29, 0.717) is 72.7 Å².